The standard InChI is InChI=1S/C11H12BrNO3/c1-6-3-8-10(12)7(5-15-13)4-9(14-2)11(8)16-6/h3-4H,5,13H2,1-2H3. The van der Waals surface area contributed by atoms with Gasteiger partial charge in [-0.05, 0) is 40.5 Å². The van der Waals surface area contributed by atoms with Crippen LogP contribution in [0.1, 0.15) is 11.3 Å². The number of nitrogens with two attached hydrogens (primary N) is 1. The molecule has 0 atom stereocenters. The lowest BCUT2D eigenvalue weighted by Crippen LogP contribution is -2.00. The number of rotatable bonds is 3. The smallest absolute Gasteiger partial charge is 0.177 e. The first-order valence-electron chi connectivity index (χ1n) is 4.74. The Morgan fingerprint density at radius 1 is 1.44 bits per heavy atom. The van der Waals surface area contributed by atoms with E-state index in [4.69, 9.17) is 15.1 Å². The summed E-state index contributed by atoms with van der Waals surface area (Å²) in [6.07, 6.45) is 0. The molecule has 0 bridgehead atoms. The quantitative estimate of drug-likeness (QED) is 0.881. The summed E-state index contributed by atoms with van der Waals surface area (Å²) in [7, 11) is 1.60. The Bertz CT molecular complexity index is 521. The monoisotopic (exact) mass is 285 g/mol. The van der Waals surface area contributed by atoms with Crippen LogP contribution in [0.3, 0.4) is 0 Å². The zero-order chi connectivity index (χ0) is 11.7. The summed E-state index contributed by atoms with van der Waals surface area (Å²) in [5.74, 6) is 6.60. The van der Waals surface area contributed by atoms with Gasteiger partial charge in [-0.15, -0.1) is 0 Å². The number of aryl methyl sites for hydroxylation is 1. The molecule has 0 unspecified atom stereocenters. The van der Waals surface area contributed by atoms with Gasteiger partial charge < -0.3 is 9.15 Å². The summed E-state index contributed by atoms with van der Waals surface area (Å²) in [6.45, 7) is 2.21. The minimum atomic E-state index is 0.317. The fraction of sp³-hybridized carbons (Fsp3) is 0.273. The first-order valence-corrected chi connectivity index (χ1v) is 5.54. The van der Waals surface area contributed by atoms with Gasteiger partial charge in [0.25, 0.3) is 0 Å². The van der Waals surface area contributed by atoms with Crippen LogP contribution < -0.4 is 10.6 Å². The van der Waals surface area contributed by atoms with Crippen LogP contribution in [0.5, 0.6) is 5.75 Å². The molecule has 1 aromatic carbocycles. The van der Waals surface area contributed by atoms with Gasteiger partial charge in [-0.2, -0.15) is 0 Å². The Balaban J connectivity index is 2.71. The van der Waals surface area contributed by atoms with E-state index < -0.39 is 0 Å². The van der Waals surface area contributed by atoms with Crippen molar-refractivity contribution in [3.8, 4) is 5.75 Å². The molecular weight excluding hydrogens is 274 g/mol. The van der Waals surface area contributed by atoms with Gasteiger partial charge in [0.1, 0.15) is 5.76 Å². The van der Waals surface area contributed by atoms with Gasteiger partial charge in [0.15, 0.2) is 11.3 Å². The molecule has 0 spiro atoms. The lowest BCUT2D eigenvalue weighted by Gasteiger charge is -2.07. The van der Waals surface area contributed by atoms with E-state index >= 15 is 0 Å². The Kier molecular flexibility index (Phi) is 3.18. The van der Waals surface area contributed by atoms with Crippen molar-refractivity contribution in [1.82, 2.24) is 0 Å². The largest absolute Gasteiger partial charge is 0.493 e. The normalized spacial score (nSPS) is 11.0. The molecule has 0 saturated heterocycles. The van der Waals surface area contributed by atoms with Crippen LogP contribution in [-0.2, 0) is 11.4 Å². The first kappa shape index (κ1) is 11.4. The second-order valence-corrected chi connectivity index (χ2v) is 4.26. The second-order valence-electron chi connectivity index (χ2n) is 3.46. The Morgan fingerprint density at radius 3 is 2.81 bits per heavy atom. The van der Waals surface area contributed by atoms with Crippen molar-refractivity contribution in [2.45, 2.75) is 13.5 Å². The summed E-state index contributed by atoms with van der Waals surface area (Å²) in [4.78, 5) is 4.65. The van der Waals surface area contributed by atoms with E-state index in [1.807, 2.05) is 19.1 Å². The van der Waals surface area contributed by atoms with Crippen molar-refractivity contribution in [2.24, 2.45) is 5.90 Å². The Morgan fingerprint density at radius 2 is 2.19 bits per heavy atom. The van der Waals surface area contributed by atoms with Gasteiger partial charge in [0, 0.05) is 9.86 Å². The molecule has 0 radical (unpaired) electrons. The highest BCUT2D eigenvalue weighted by molar-refractivity contribution is 9.10. The summed E-state index contributed by atoms with van der Waals surface area (Å²) in [5, 5.41) is 0.962. The minimum Gasteiger partial charge on any atom is -0.493 e. The van der Waals surface area contributed by atoms with E-state index in [2.05, 4.69) is 20.8 Å². The molecule has 1 heterocycles. The number of furan rings is 1. The third-order valence-electron chi connectivity index (χ3n) is 2.36. The molecule has 0 amide bonds. The van der Waals surface area contributed by atoms with Gasteiger partial charge in [-0.1, -0.05) is 0 Å². The number of hydrogen-bond donors (Lipinski definition) is 1. The van der Waals surface area contributed by atoms with Crippen LogP contribution in [-0.4, -0.2) is 7.11 Å². The number of hydrogen-bond acceptors (Lipinski definition) is 4. The van der Waals surface area contributed by atoms with E-state index in [0.717, 1.165) is 26.8 Å². The van der Waals surface area contributed by atoms with Crippen molar-refractivity contribution >= 4 is 26.9 Å². The van der Waals surface area contributed by atoms with Gasteiger partial charge in [-0.25, -0.2) is 5.90 Å². The Labute approximate surface area is 101 Å². The van der Waals surface area contributed by atoms with Crippen LogP contribution >= 0.6 is 15.9 Å². The van der Waals surface area contributed by atoms with Crippen LogP contribution in [0.15, 0.2) is 21.0 Å². The third-order valence-corrected chi connectivity index (χ3v) is 3.30. The van der Waals surface area contributed by atoms with Crippen molar-refractivity contribution in [3.63, 3.8) is 0 Å². The maximum absolute atomic E-state index is 5.58. The van der Waals surface area contributed by atoms with Crippen molar-refractivity contribution < 1.29 is 14.0 Å². The van der Waals surface area contributed by atoms with Crippen molar-refractivity contribution in [1.29, 1.82) is 0 Å². The average Bonchev–Trinajstić information content (AvgIpc) is 2.65. The van der Waals surface area contributed by atoms with E-state index in [1.165, 1.54) is 0 Å². The van der Waals surface area contributed by atoms with Crippen molar-refractivity contribution in [3.05, 3.63) is 27.9 Å². The number of ether oxygens (including phenoxy) is 1. The molecule has 2 rings (SSSR count). The second kappa shape index (κ2) is 4.45. The number of benzene rings is 1. The molecule has 16 heavy (non-hydrogen) atoms. The number of methoxy groups -OCH3 is 1. The van der Waals surface area contributed by atoms with Gasteiger partial charge in [0.2, 0.25) is 0 Å². The summed E-state index contributed by atoms with van der Waals surface area (Å²) in [6, 6.07) is 3.80. The van der Waals surface area contributed by atoms with E-state index in [0.29, 0.717) is 12.4 Å². The van der Waals surface area contributed by atoms with Gasteiger partial charge in [0.05, 0.1) is 13.7 Å². The molecule has 5 heteroatoms. The van der Waals surface area contributed by atoms with Crippen molar-refractivity contribution in [2.75, 3.05) is 7.11 Å². The molecule has 0 aliphatic carbocycles. The predicted octanol–water partition coefficient (Wildman–Crippen LogP) is 2.90. The SMILES string of the molecule is COc1cc(CON)c(Br)c2cc(C)oc12. The Hall–Kier alpha value is -1.04. The highest BCUT2D eigenvalue weighted by atomic mass is 79.9. The highest BCUT2D eigenvalue weighted by Gasteiger charge is 2.14. The van der Waals surface area contributed by atoms with Crippen LogP contribution in [0.2, 0.25) is 0 Å². The molecule has 0 aliphatic rings. The predicted molar refractivity (Wildman–Crippen MR) is 64.2 cm³/mol. The van der Waals surface area contributed by atoms with Gasteiger partial charge in [-0.3, -0.25) is 4.84 Å². The molecule has 2 aromatic rings. The molecule has 0 saturated carbocycles. The molecule has 4 nitrogen and oxygen atoms in total. The zero-order valence-electron chi connectivity index (χ0n) is 9.04. The molecule has 1 aromatic heterocycles. The summed E-state index contributed by atoms with van der Waals surface area (Å²) >= 11 is 3.51. The van der Waals surface area contributed by atoms with Crippen LogP contribution in [0, 0.1) is 6.92 Å². The van der Waals surface area contributed by atoms with Crippen LogP contribution in [0.4, 0.5) is 0 Å². The maximum Gasteiger partial charge on any atom is 0.177 e. The molecule has 0 aliphatic heterocycles. The molecular formula is C11H12BrNO3. The lowest BCUT2D eigenvalue weighted by atomic mass is 10.1. The molecule has 0 fully saturated rings. The summed E-state index contributed by atoms with van der Waals surface area (Å²) in [5.41, 5.74) is 1.65. The number of fused-ring (bicyclic) bond motifs is 1. The maximum atomic E-state index is 5.58. The fourth-order valence-electron chi connectivity index (χ4n) is 1.67. The average molecular weight is 286 g/mol. The first-order chi connectivity index (χ1) is 7.67. The topological polar surface area (TPSA) is 57.6 Å². The number of halogens is 1. The van der Waals surface area contributed by atoms with E-state index in [-0.39, 0.29) is 0 Å². The highest BCUT2D eigenvalue weighted by Crippen LogP contribution is 2.37. The van der Waals surface area contributed by atoms with Gasteiger partial charge >= 0.3 is 0 Å². The lowest BCUT2D eigenvalue weighted by molar-refractivity contribution is 0.123. The van der Waals surface area contributed by atoms with Crippen LogP contribution in [0.25, 0.3) is 11.0 Å². The van der Waals surface area contributed by atoms with E-state index in [1.54, 1.807) is 7.11 Å². The molecule has 2 N–H and O–H groups in total. The van der Waals surface area contributed by atoms with E-state index in [9.17, 15) is 0 Å². The summed E-state index contributed by atoms with van der Waals surface area (Å²) < 4.78 is 11.8. The molecule has 86 valence electrons. The third kappa shape index (κ3) is 1.81. The minimum absolute atomic E-state index is 0.317. The fourth-order valence-corrected chi connectivity index (χ4v) is 2.19. The zero-order valence-corrected chi connectivity index (χ0v) is 10.6.